The molecule has 0 radical (unpaired) electrons. The summed E-state index contributed by atoms with van der Waals surface area (Å²) < 4.78 is 0. The van der Waals surface area contributed by atoms with Crippen molar-refractivity contribution in [1.29, 1.82) is 0 Å². The average molecular weight is 224 g/mol. The van der Waals surface area contributed by atoms with Crippen LogP contribution in [0.15, 0.2) is 0 Å². The summed E-state index contributed by atoms with van der Waals surface area (Å²) in [6, 6.07) is 0.254. The van der Waals surface area contributed by atoms with Crippen LogP contribution in [0.4, 0.5) is 0 Å². The minimum atomic E-state index is -0.316. The summed E-state index contributed by atoms with van der Waals surface area (Å²) in [6.07, 6.45) is 5.44. The van der Waals surface area contributed by atoms with Crippen molar-refractivity contribution in [2.24, 2.45) is 34.6 Å². The van der Waals surface area contributed by atoms with Crippen LogP contribution in [-0.2, 0) is 4.79 Å². The molecule has 0 heterocycles. The number of primary amides is 1. The number of fused-ring (bicyclic) bond motifs is 3. The molecule has 0 spiro atoms. The summed E-state index contributed by atoms with van der Waals surface area (Å²) >= 11 is 0. The fourth-order valence-corrected chi connectivity index (χ4v) is 3.83. The number of carbonyl (C=O) groups is 1. The van der Waals surface area contributed by atoms with Crippen molar-refractivity contribution in [1.82, 2.24) is 0 Å². The highest BCUT2D eigenvalue weighted by molar-refractivity contribution is 5.80. The maximum atomic E-state index is 11.6. The monoisotopic (exact) mass is 224 g/mol. The highest BCUT2D eigenvalue weighted by atomic mass is 16.1. The maximum Gasteiger partial charge on any atom is 0.223 e. The third kappa shape index (κ3) is 1.97. The smallest absolute Gasteiger partial charge is 0.223 e. The van der Waals surface area contributed by atoms with Crippen molar-refractivity contribution in [3.63, 3.8) is 0 Å². The van der Waals surface area contributed by atoms with E-state index >= 15 is 0 Å². The van der Waals surface area contributed by atoms with E-state index in [1.807, 2.05) is 6.92 Å². The first-order valence-electron chi connectivity index (χ1n) is 6.48. The summed E-state index contributed by atoms with van der Waals surface area (Å²) in [5.41, 5.74) is 11.6. The van der Waals surface area contributed by atoms with Gasteiger partial charge in [-0.1, -0.05) is 20.3 Å². The molecule has 2 saturated carbocycles. The maximum absolute atomic E-state index is 11.6. The van der Waals surface area contributed by atoms with Crippen LogP contribution >= 0.6 is 0 Å². The second-order valence-corrected chi connectivity index (χ2v) is 6.33. The van der Waals surface area contributed by atoms with Crippen molar-refractivity contribution >= 4 is 5.91 Å². The molecule has 1 amide bonds. The number of hydrogen-bond donors (Lipinski definition) is 2. The normalized spacial score (nSPS) is 48.4. The van der Waals surface area contributed by atoms with E-state index in [1.165, 1.54) is 19.3 Å². The molecule has 0 saturated heterocycles. The minimum Gasteiger partial charge on any atom is -0.369 e. The Morgan fingerprint density at radius 1 is 1.31 bits per heavy atom. The van der Waals surface area contributed by atoms with Gasteiger partial charge in [-0.3, -0.25) is 4.79 Å². The van der Waals surface area contributed by atoms with Crippen LogP contribution in [0.5, 0.6) is 0 Å². The lowest BCUT2D eigenvalue weighted by Gasteiger charge is -2.37. The van der Waals surface area contributed by atoms with Crippen molar-refractivity contribution < 1.29 is 4.79 Å². The molecule has 2 aliphatic carbocycles. The predicted molar refractivity (Wildman–Crippen MR) is 64.5 cm³/mol. The summed E-state index contributed by atoms with van der Waals surface area (Å²) in [5.74, 6) is 1.59. The molecule has 2 bridgehead atoms. The second-order valence-electron chi connectivity index (χ2n) is 6.33. The summed E-state index contributed by atoms with van der Waals surface area (Å²) in [5, 5.41) is 0. The molecule has 2 rings (SSSR count). The molecule has 5 unspecified atom stereocenters. The van der Waals surface area contributed by atoms with E-state index in [1.54, 1.807) is 0 Å². The van der Waals surface area contributed by atoms with Crippen molar-refractivity contribution in [2.75, 3.05) is 0 Å². The first kappa shape index (κ1) is 11.9. The Morgan fingerprint density at radius 2 is 2.00 bits per heavy atom. The summed E-state index contributed by atoms with van der Waals surface area (Å²) in [6.45, 7) is 4.28. The van der Waals surface area contributed by atoms with Crippen LogP contribution < -0.4 is 11.5 Å². The number of hydrogen-bond acceptors (Lipinski definition) is 2. The molecule has 4 N–H and O–H groups in total. The van der Waals surface area contributed by atoms with Crippen molar-refractivity contribution in [2.45, 2.75) is 52.0 Å². The van der Waals surface area contributed by atoms with Gasteiger partial charge in [-0.25, -0.2) is 0 Å². The highest BCUT2D eigenvalue weighted by Crippen LogP contribution is 2.47. The second kappa shape index (κ2) is 4.02. The lowest BCUT2D eigenvalue weighted by atomic mass is 9.69. The molecule has 92 valence electrons. The van der Waals surface area contributed by atoms with E-state index in [2.05, 4.69) is 6.92 Å². The van der Waals surface area contributed by atoms with Gasteiger partial charge in [-0.15, -0.1) is 0 Å². The molecule has 2 fully saturated rings. The van der Waals surface area contributed by atoms with Gasteiger partial charge in [0.15, 0.2) is 0 Å². The van der Waals surface area contributed by atoms with Gasteiger partial charge in [-0.2, -0.15) is 0 Å². The Morgan fingerprint density at radius 3 is 2.62 bits per heavy atom. The van der Waals surface area contributed by atoms with E-state index < -0.39 is 0 Å². The Balaban J connectivity index is 2.26. The third-order valence-corrected chi connectivity index (χ3v) is 4.90. The molecule has 0 aromatic heterocycles. The van der Waals surface area contributed by atoms with Crippen LogP contribution in [0.25, 0.3) is 0 Å². The number of amides is 1. The minimum absolute atomic E-state index is 0.133. The summed E-state index contributed by atoms with van der Waals surface area (Å²) in [4.78, 5) is 11.6. The van der Waals surface area contributed by atoms with Gasteiger partial charge in [0.25, 0.3) is 0 Å². The molecule has 3 nitrogen and oxygen atoms in total. The molecule has 0 aromatic rings. The quantitative estimate of drug-likeness (QED) is 0.711. The third-order valence-electron chi connectivity index (χ3n) is 4.90. The van der Waals surface area contributed by atoms with E-state index in [-0.39, 0.29) is 17.4 Å². The SMILES string of the molecule is CC1CC2CCC(CC(C)(C(N)=O)C2)C1N. The molecule has 5 atom stereocenters. The Kier molecular flexibility index (Phi) is 2.99. The number of carbonyl (C=O) groups excluding carboxylic acids is 1. The van der Waals surface area contributed by atoms with Gasteiger partial charge in [0.1, 0.15) is 0 Å². The van der Waals surface area contributed by atoms with Gasteiger partial charge < -0.3 is 11.5 Å². The zero-order chi connectivity index (χ0) is 11.9. The average Bonchev–Trinajstić information content (AvgIpc) is 2.43. The highest BCUT2D eigenvalue weighted by Gasteiger charge is 2.44. The molecule has 2 aliphatic rings. The first-order valence-corrected chi connectivity index (χ1v) is 6.48. The van der Waals surface area contributed by atoms with Gasteiger partial charge in [-0.05, 0) is 43.4 Å². The van der Waals surface area contributed by atoms with Crippen LogP contribution in [-0.4, -0.2) is 11.9 Å². The van der Waals surface area contributed by atoms with Crippen LogP contribution in [0, 0.1) is 23.2 Å². The zero-order valence-corrected chi connectivity index (χ0v) is 10.4. The standard InChI is InChI=1S/C13H24N2O/c1-8-5-9-3-4-10(11(8)14)7-13(2,6-9)12(15)16/h8-11H,3-7,14H2,1-2H3,(H2,15,16). The number of rotatable bonds is 1. The van der Waals surface area contributed by atoms with Gasteiger partial charge >= 0.3 is 0 Å². The molecule has 0 aliphatic heterocycles. The van der Waals surface area contributed by atoms with E-state index in [0.717, 1.165) is 12.8 Å². The Labute approximate surface area is 97.9 Å². The van der Waals surface area contributed by atoms with Gasteiger partial charge in [0, 0.05) is 11.5 Å². The zero-order valence-electron chi connectivity index (χ0n) is 10.4. The Bertz CT molecular complexity index is 292. The molecule has 16 heavy (non-hydrogen) atoms. The molecular formula is C13H24N2O. The van der Waals surface area contributed by atoms with Crippen molar-refractivity contribution in [3.8, 4) is 0 Å². The van der Waals surface area contributed by atoms with Gasteiger partial charge in [0.05, 0.1) is 0 Å². The van der Waals surface area contributed by atoms with Gasteiger partial charge in [0.2, 0.25) is 5.91 Å². The van der Waals surface area contributed by atoms with Crippen molar-refractivity contribution in [3.05, 3.63) is 0 Å². The number of nitrogens with two attached hydrogens (primary N) is 2. The Hall–Kier alpha value is -0.570. The van der Waals surface area contributed by atoms with E-state index in [0.29, 0.717) is 17.8 Å². The fourth-order valence-electron chi connectivity index (χ4n) is 3.83. The van der Waals surface area contributed by atoms with E-state index in [4.69, 9.17) is 11.5 Å². The van der Waals surface area contributed by atoms with Crippen LogP contribution in [0.2, 0.25) is 0 Å². The largest absolute Gasteiger partial charge is 0.369 e. The molecule has 0 aromatic carbocycles. The molecule has 3 heteroatoms. The fraction of sp³-hybridized carbons (Fsp3) is 0.923. The predicted octanol–water partition coefficient (Wildman–Crippen LogP) is 1.65. The molecular weight excluding hydrogens is 200 g/mol. The summed E-state index contributed by atoms with van der Waals surface area (Å²) in [7, 11) is 0. The van der Waals surface area contributed by atoms with E-state index in [9.17, 15) is 4.79 Å². The van der Waals surface area contributed by atoms with Crippen LogP contribution in [0.3, 0.4) is 0 Å². The lowest BCUT2D eigenvalue weighted by molar-refractivity contribution is -0.129. The van der Waals surface area contributed by atoms with Crippen LogP contribution in [0.1, 0.15) is 46.0 Å². The first-order chi connectivity index (χ1) is 7.42. The topological polar surface area (TPSA) is 69.1 Å². The lowest BCUT2D eigenvalue weighted by Crippen LogP contribution is -2.44.